The Bertz CT molecular complexity index is 711. The molecule has 0 saturated heterocycles. The highest BCUT2D eigenvalue weighted by Gasteiger charge is 2.18. The van der Waals surface area contributed by atoms with Crippen molar-refractivity contribution in [1.29, 1.82) is 0 Å². The molecule has 0 unspecified atom stereocenters. The van der Waals surface area contributed by atoms with Gasteiger partial charge in [-0.15, -0.1) is 16.4 Å². The summed E-state index contributed by atoms with van der Waals surface area (Å²) in [5, 5.41) is 6.96. The number of aromatic amines is 1. The van der Waals surface area contributed by atoms with Gasteiger partial charge in [0.2, 0.25) is 0 Å². The van der Waals surface area contributed by atoms with E-state index in [1.165, 1.54) is 11.3 Å². The van der Waals surface area contributed by atoms with E-state index in [9.17, 15) is 8.42 Å². The summed E-state index contributed by atoms with van der Waals surface area (Å²) in [6, 6.07) is 0. The van der Waals surface area contributed by atoms with Gasteiger partial charge in [0.15, 0.2) is 9.84 Å². The predicted molar refractivity (Wildman–Crippen MR) is 70.7 cm³/mol. The maximum absolute atomic E-state index is 11.5. The molecule has 2 heterocycles. The van der Waals surface area contributed by atoms with E-state index in [4.69, 9.17) is 16.6 Å². The first-order valence-corrected chi connectivity index (χ1v) is 8.18. The van der Waals surface area contributed by atoms with Crippen LogP contribution < -0.4 is 0 Å². The van der Waals surface area contributed by atoms with Crippen LogP contribution in [0.25, 0.3) is 10.8 Å². The lowest BCUT2D eigenvalue weighted by molar-refractivity contribution is 0.553. The fourth-order valence-electron chi connectivity index (χ4n) is 1.33. The summed E-state index contributed by atoms with van der Waals surface area (Å²) in [6.07, 6.45) is 0. The molecule has 18 heavy (non-hydrogen) atoms. The SMILES string of the molecule is CCS(=O)(=O)Cc1nc(C)c(-c2n[nH]c(=S)o2)s1. The molecule has 0 aliphatic rings. The highest BCUT2D eigenvalue weighted by atomic mass is 32.2. The number of aryl methyl sites for hydroxylation is 1. The topological polar surface area (TPSA) is 88.9 Å². The van der Waals surface area contributed by atoms with Gasteiger partial charge in [-0.05, 0) is 19.1 Å². The third-order valence-corrected chi connectivity index (χ3v) is 5.35. The zero-order chi connectivity index (χ0) is 13.3. The maximum atomic E-state index is 11.5. The van der Waals surface area contributed by atoms with Gasteiger partial charge in [0.1, 0.15) is 15.6 Å². The van der Waals surface area contributed by atoms with Crippen LogP contribution in [0.1, 0.15) is 17.6 Å². The number of nitrogens with one attached hydrogen (secondary N) is 1. The van der Waals surface area contributed by atoms with Crippen LogP contribution in [0.4, 0.5) is 0 Å². The molecule has 2 aromatic heterocycles. The first kappa shape index (κ1) is 13.4. The molecule has 9 heteroatoms. The number of hydrogen-bond donors (Lipinski definition) is 1. The van der Waals surface area contributed by atoms with Gasteiger partial charge in [-0.25, -0.2) is 18.5 Å². The Morgan fingerprint density at radius 3 is 2.78 bits per heavy atom. The minimum absolute atomic E-state index is 0.0554. The second kappa shape index (κ2) is 4.90. The summed E-state index contributed by atoms with van der Waals surface area (Å²) in [7, 11) is -3.08. The Labute approximate surface area is 113 Å². The van der Waals surface area contributed by atoms with E-state index in [1.54, 1.807) is 13.8 Å². The van der Waals surface area contributed by atoms with Crippen LogP contribution in [0.15, 0.2) is 4.42 Å². The van der Waals surface area contributed by atoms with Gasteiger partial charge in [-0.3, -0.25) is 0 Å². The van der Waals surface area contributed by atoms with Crippen molar-refractivity contribution in [2.75, 3.05) is 5.75 Å². The smallest absolute Gasteiger partial charge is 0.284 e. The number of rotatable bonds is 4. The van der Waals surface area contributed by atoms with Crippen molar-refractivity contribution >= 4 is 33.4 Å². The summed E-state index contributed by atoms with van der Waals surface area (Å²) in [4.78, 5) is 5.10. The van der Waals surface area contributed by atoms with E-state index in [-0.39, 0.29) is 16.3 Å². The average Bonchev–Trinajstić information content (AvgIpc) is 2.84. The molecule has 0 saturated carbocycles. The Kier molecular flexibility index (Phi) is 3.64. The van der Waals surface area contributed by atoms with E-state index in [1.807, 2.05) is 0 Å². The zero-order valence-electron chi connectivity index (χ0n) is 9.76. The summed E-state index contributed by atoms with van der Waals surface area (Å²) >= 11 is 6.05. The lowest BCUT2D eigenvalue weighted by atomic mass is 10.4. The minimum atomic E-state index is -3.08. The number of thiazole rings is 1. The molecule has 0 radical (unpaired) electrons. The molecule has 2 aromatic rings. The minimum Gasteiger partial charge on any atom is -0.408 e. The molecule has 98 valence electrons. The molecule has 0 aliphatic carbocycles. The molecule has 0 fully saturated rings. The number of aromatic nitrogens is 3. The maximum Gasteiger partial charge on any atom is 0.284 e. The lowest BCUT2D eigenvalue weighted by Crippen LogP contribution is -2.06. The van der Waals surface area contributed by atoms with Crippen molar-refractivity contribution in [3.8, 4) is 10.8 Å². The summed E-state index contributed by atoms with van der Waals surface area (Å²) in [5.74, 6) is 0.389. The molecular weight excluding hydrogens is 294 g/mol. The van der Waals surface area contributed by atoms with Crippen LogP contribution in [0.3, 0.4) is 0 Å². The zero-order valence-corrected chi connectivity index (χ0v) is 12.2. The predicted octanol–water partition coefficient (Wildman–Crippen LogP) is 2.10. The van der Waals surface area contributed by atoms with E-state index in [0.29, 0.717) is 21.5 Å². The van der Waals surface area contributed by atoms with E-state index < -0.39 is 9.84 Å². The fraction of sp³-hybridized carbons (Fsp3) is 0.444. The quantitative estimate of drug-likeness (QED) is 0.870. The number of nitrogens with zero attached hydrogens (tertiary/aromatic N) is 2. The van der Waals surface area contributed by atoms with Gasteiger partial charge < -0.3 is 4.42 Å². The molecule has 0 atom stereocenters. The number of sulfone groups is 1. The number of hydrogen-bond acceptors (Lipinski definition) is 7. The number of H-pyrrole nitrogens is 1. The third-order valence-electron chi connectivity index (χ3n) is 2.26. The largest absolute Gasteiger partial charge is 0.408 e. The standard InChI is InChI=1S/C9H11N3O3S3/c1-3-18(13,14)4-6-10-5(2)7(17-6)8-11-12-9(16)15-8/h3-4H2,1-2H3,(H,12,16). The van der Waals surface area contributed by atoms with Crippen LogP contribution in [0, 0.1) is 11.8 Å². The third kappa shape index (κ3) is 2.85. The van der Waals surface area contributed by atoms with Crippen molar-refractivity contribution in [3.63, 3.8) is 0 Å². The van der Waals surface area contributed by atoms with Gasteiger partial charge in [0.25, 0.3) is 10.7 Å². The molecule has 1 N–H and O–H groups in total. The Balaban J connectivity index is 2.36. The summed E-state index contributed by atoms with van der Waals surface area (Å²) in [6.45, 7) is 3.39. The molecule has 6 nitrogen and oxygen atoms in total. The molecular formula is C9H11N3O3S3. The monoisotopic (exact) mass is 305 g/mol. The van der Waals surface area contributed by atoms with Crippen molar-refractivity contribution in [3.05, 3.63) is 15.5 Å². The normalized spacial score (nSPS) is 11.9. The van der Waals surface area contributed by atoms with Crippen LogP contribution in [0.2, 0.25) is 0 Å². The Morgan fingerprint density at radius 1 is 1.50 bits per heavy atom. The molecule has 0 amide bonds. The second-order valence-corrected chi connectivity index (χ2v) is 7.42. The van der Waals surface area contributed by atoms with Gasteiger partial charge >= 0.3 is 0 Å². The Hall–Kier alpha value is -1.06. The Morgan fingerprint density at radius 2 is 2.22 bits per heavy atom. The molecule has 2 rings (SSSR count). The highest BCUT2D eigenvalue weighted by Crippen LogP contribution is 2.29. The van der Waals surface area contributed by atoms with Crippen molar-refractivity contribution in [2.45, 2.75) is 19.6 Å². The van der Waals surface area contributed by atoms with E-state index >= 15 is 0 Å². The van der Waals surface area contributed by atoms with E-state index in [0.717, 1.165) is 0 Å². The van der Waals surface area contributed by atoms with Crippen molar-refractivity contribution in [1.82, 2.24) is 15.2 Å². The van der Waals surface area contributed by atoms with Crippen LogP contribution in [-0.2, 0) is 15.6 Å². The average molecular weight is 305 g/mol. The molecule has 0 spiro atoms. The summed E-state index contributed by atoms with van der Waals surface area (Å²) < 4.78 is 28.3. The van der Waals surface area contributed by atoms with Crippen LogP contribution in [-0.4, -0.2) is 29.4 Å². The second-order valence-electron chi connectivity index (χ2n) is 3.62. The first-order chi connectivity index (χ1) is 8.41. The fourth-order valence-corrected chi connectivity index (χ4v) is 3.66. The molecule has 0 aliphatic heterocycles. The highest BCUT2D eigenvalue weighted by molar-refractivity contribution is 7.90. The van der Waals surface area contributed by atoms with Crippen molar-refractivity contribution in [2.24, 2.45) is 0 Å². The van der Waals surface area contributed by atoms with Crippen molar-refractivity contribution < 1.29 is 12.8 Å². The van der Waals surface area contributed by atoms with Crippen LogP contribution in [0.5, 0.6) is 0 Å². The molecule has 0 bridgehead atoms. The lowest BCUT2D eigenvalue weighted by Gasteiger charge is -1.95. The van der Waals surface area contributed by atoms with E-state index in [2.05, 4.69) is 15.2 Å². The van der Waals surface area contributed by atoms with Crippen LogP contribution >= 0.6 is 23.6 Å². The van der Waals surface area contributed by atoms with Gasteiger partial charge in [-0.1, -0.05) is 6.92 Å². The van der Waals surface area contributed by atoms with Gasteiger partial charge in [-0.2, -0.15) is 0 Å². The van der Waals surface area contributed by atoms with Gasteiger partial charge in [0, 0.05) is 5.75 Å². The first-order valence-electron chi connectivity index (χ1n) is 5.14. The van der Waals surface area contributed by atoms with Gasteiger partial charge in [0.05, 0.1) is 5.69 Å². The molecule has 0 aromatic carbocycles. The summed E-state index contributed by atoms with van der Waals surface area (Å²) in [5.41, 5.74) is 0.687.